The Bertz CT molecular complexity index is 1130. The molecule has 0 radical (unpaired) electrons. The van der Waals surface area contributed by atoms with E-state index in [0.717, 1.165) is 18.4 Å². The Morgan fingerprint density at radius 3 is 2.42 bits per heavy atom. The quantitative estimate of drug-likeness (QED) is 0.382. The molecule has 1 aliphatic carbocycles. The van der Waals surface area contributed by atoms with Gasteiger partial charge in [0.1, 0.15) is 0 Å². The van der Waals surface area contributed by atoms with Crippen molar-refractivity contribution in [3.05, 3.63) is 106 Å². The molecule has 4 rings (SSSR count). The molecule has 3 aromatic rings. The molecule has 3 nitrogen and oxygen atoms in total. The van der Waals surface area contributed by atoms with Gasteiger partial charge in [-0.05, 0) is 67.6 Å². The Morgan fingerprint density at radius 1 is 0.968 bits per heavy atom. The third-order valence-corrected chi connectivity index (χ3v) is 5.54. The van der Waals surface area contributed by atoms with Crippen LogP contribution >= 0.6 is 0 Å². The van der Waals surface area contributed by atoms with Gasteiger partial charge in [0.05, 0.1) is 24.4 Å². The monoisotopic (exact) mass is 410 g/mol. The average Bonchev–Trinajstić information content (AvgIpc) is 3.58. The topological polar surface area (TPSA) is 35.5 Å². The molecule has 0 heterocycles. The van der Waals surface area contributed by atoms with E-state index in [1.807, 2.05) is 42.5 Å². The molecule has 1 fully saturated rings. The van der Waals surface area contributed by atoms with E-state index in [-0.39, 0.29) is 11.6 Å². The van der Waals surface area contributed by atoms with Gasteiger partial charge in [-0.15, -0.1) is 0 Å². The van der Waals surface area contributed by atoms with Crippen molar-refractivity contribution in [3.8, 4) is 11.8 Å². The van der Waals surface area contributed by atoms with Crippen molar-refractivity contribution in [1.29, 1.82) is 0 Å². The van der Waals surface area contributed by atoms with Crippen molar-refractivity contribution in [3.63, 3.8) is 0 Å². The smallest absolute Gasteiger partial charge is 0.339 e. The molecule has 0 amide bonds. The second-order valence-corrected chi connectivity index (χ2v) is 7.81. The van der Waals surface area contributed by atoms with Gasteiger partial charge in [0.15, 0.2) is 0 Å². The lowest BCUT2D eigenvalue weighted by Gasteiger charge is -2.19. The van der Waals surface area contributed by atoms with Gasteiger partial charge in [0.2, 0.25) is 0 Å². The standard InChI is InChI=1S/C28H26O3/c1-3-30-27(29)25-12-8-7-11-24(25)15-13-22-14-16-26(21(2)19-22)28(17-18-28)31-20-23-9-5-4-6-10-23/h4-12,14,16,19H,3,17-18,20H2,1-2H3. The molecule has 0 unspecified atom stereocenters. The number of esters is 1. The third-order valence-electron chi connectivity index (χ3n) is 5.54. The molecule has 0 aromatic heterocycles. The first-order valence-electron chi connectivity index (χ1n) is 10.7. The Morgan fingerprint density at radius 2 is 1.71 bits per heavy atom. The summed E-state index contributed by atoms with van der Waals surface area (Å²) in [7, 11) is 0. The maximum Gasteiger partial charge on any atom is 0.339 e. The van der Waals surface area contributed by atoms with Crippen molar-refractivity contribution >= 4 is 5.97 Å². The van der Waals surface area contributed by atoms with E-state index in [9.17, 15) is 4.79 Å². The number of carbonyl (C=O) groups excluding carboxylic acids is 1. The van der Waals surface area contributed by atoms with Gasteiger partial charge < -0.3 is 9.47 Å². The minimum absolute atomic E-state index is 0.178. The zero-order chi connectivity index (χ0) is 21.7. The van der Waals surface area contributed by atoms with Crippen LogP contribution in [0, 0.1) is 18.8 Å². The van der Waals surface area contributed by atoms with Crippen LogP contribution < -0.4 is 0 Å². The average molecular weight is 411 g/mol. The molecule has 0 aliphatic heterocycles. The van der Waals surface area contributed by atoms with Crippen molar-refractivity contribution in [2.75, 3.05) is 6.61 Å². The second kappa shape index (κ2) is 9.20. The molecular formula is C28H26O3. The molecule has 0 N–H and O–H groups in total. The van der Waals surface area contributed by atoms with Crippen LogP contribution in [0.4, 0.5) is 0 Å². The molecule has 0 saturated heterocycles. The highest BCUT2D eigenvalue weighted by Crippen LogP contribution is 2.50. The summed E-state index contributed by atoms with van der Waals surface area (Å²) >= 11 is 0. The van der Waals surface area contributed by atoms with Gasteiger partial charge in [0.25, 0.3) is 0 Å². The first-order chi connectivity index (χ1) is 15.1. The normalized spacial score (nSPS) is 13.7. The van der Waals surface area contributed by atoms with Gasteiger partial charge >= 0.3 is 5.97 Å². The first-order valence-corrected chi connectivity index (χ1v) is 10.7. The van der Waals surface area contributed by atoms with Crippen LogP contribution in [-0.4, -0.2) is 12.6 Å². The molecule has 31 heavy (non-hydrogen) atoms. The minimum Gasteiger partial charge on any atom is -0.462 e. The summed E-state index contributed by atoms with van der Waals surface area (Å²) in [5, 5.41) is 0. The number of rotatable bonds is 6. The lowest BCUT2D eigenvalue weighted by molar-refractivity contribution is 0.0168. The fourth-order valence-corrected chi connectivity index (χ4v) is 3.77. The SMILES string of the molecule is CCOC(=O)c1ccccc1C#Cc1ccc(C2(OCc3ccccc3)CC2)c(C)c1. The summed E-state index contributed by atoms with van der Waals surface area (Å²) in [5.41, 5.74) is 5.51. The van der Waals surface area contributed by atoms with Gasteiger partial charge in [-0.25, -0.2) is 4.79 Å². The molecule has 3 aromatic carbocycles. The van der Waals surface area contributed by atoms with Gasteiger partial charge in [-0.2, -0.15) is 0 Å². The van der Waals surface area contributed by atoms with Gasteiger partial charge in [-0.3, -0.25) is 0 Å². The lowest BCUT2D eigenvalue weighted by Crippen LogP contribution is -2.13. The van der Waals surface area contributed by atoms with E-state index in [1.54, 1.807) is 13.0 Å². The van der Waals surface area contributed by atoms with Crippen molar-refractivity contribution in [1.82, 2.24) is 0 Å². The molecule has 1 aliphatic rings. The Balaban J connectivity index is 1.52. The number of aryl methyl sites for hydroxylation is 1. The van der Waals surface area contributed by atoms with Crippen LogP contribution in [0.1, 0.15) is 57.9 Å². The maximum absolute atomic E-state index is 12.2. The number of ether oxygens (including phenoxy) is 2. The molecule has 0 spiro atoms. The Kier molecular flexibility index (Phi) is 6.21. The molecular weight excluding hydrogens is 384 g/mol. The van der Waals surface area contributed by atoms with Gasteiger partial charge in [0, 0.05) is 11.1 Å². The minimum atomic E-state index is -0.342. The van der Waals surface area contributed by atoms with Gasteiger partial charge in [-0.1, -0.05) is 60.4 Å². The predicted octanol–water partition coefficient (Wildman–Crippen LogP) is 5.78. The summed E-state index contributed by atoms with van der Waals surface area (Å²) < 4.78 is 11.5. The van der Waals surface area contributed by atoms with E-state index in [4.69, 9.17) is 9.47 Å². The predicted molar refractivity (Wildman–Crippen MR) is 122 cm³/mol. The van der Waals surface area contributed by atoms with Crippen molar-refractivity contribution in [2.24, 2.45) is 0 Å². The Hall–Kier alpha value is -3.35. The number of hydrogen-bond donors (Lipinski definition) is 0. The number of carbonyl (C=O) groups is 1. The highest BCUT2D eigenvalue weighted by atomic mass is 16.5. The third kappa shape index (κ3) is 4.87. The van der Waals surface area contributed by atoms with E-state index in [1.165, 1.54) is 16.7 Å². The summed E-state index contributed by atoms with van der Waals surface area (Å²) in [4.78, 5) is 12.2. The largest absolute Gasteiger partial charge is 0.462 e. The maximum atomic E-state index is 12.2. The molecule has 156 valence electrons. The van der Waals surface area contributed by atoms with Crippen LogP contribution in [0.15, 0.2) is 72.8 Å². The number of hydrogen-bond acceptors (Lipinski definition) is 3. The van der Waals surface area contributed by atoms with E-state index >= 15 is 0 Å². The fourth-order valence-electron chi connectivity index (χ4n) is 3.77. The van der Waals surface area contributed by atoms with Crippen molar-refractivity contribution in [2.45, 2.75) is 38.9 Å². The molecule has 3 heteroatoms. The van der Waals surface area contributed by atoms with Crippen LogP contribution in [0.2, 0.25) is 0 Å². The Labute approximate surface area is 184 Å². The fraction of sp³-hybridized carbons (Fsp3) is 0.250. The van der Waals surface area contributed by atoms with E-state index in [0.29, 0.717) is 24.3 Å². The van der Waals surface area contributed by atoms with Crippen LogP contribution in [0.3, 0.4) is 0 Å². The van der Waals surface area contributed by atoms with E-state index < -0.39 is 0 Å². The number of benzene rings is 3. The summed E-state index contributed by atoms with van der Waals surface area (Å²) in [6, 6.07) is 23.8. The zero-order valence-corrected chi connectivity index (χ0v) is 18.0. The highest BCUT2D eigenvalue weighted by molar-refractivity contribution is 5.92. The molecule has 0 bridgehead atoms. The summed E-state index contributed by atoms with van der Waals surface area (Å²) in [6.45, 7) is 4.87. The van der Waals surface area contributed by atoms with E-state index in [2.05, 4.69) is 43.0 Å². The van der Waals surface area contributed by atoms with Crippen LogP contribution in [0.25, 0.3) is 0 Å². The first kappa shape index (κ1) is 20.9. The molecule has 1 saturated carbocycles. The summed E-state index contributed by atoms with van der Waals surface area (Å²) in [6.07, 6.45) is 2.08. The second-order valence-electron chi connectivity index (χ2n) is 7.81. The summed E-state index contributed by atoms with van der Waals surface area (Å²) in [5.74, 6) is 5.99. The highest BCUT2D eigenvalue weighted by Gasteiger charge is 2.46. The van der Waals surface area contributed by atoms with Crippen LogP contribution in [-0.2, 0) is 21.7 Å². The van der Waals surface area contributed by atoms with Crippen molar-refractivity contribution < 1.29 is 14.3 Å². The lowest BCUT2D eigenvalue weighted by atomic mass is 9.98. The van der Waals surface area contributed by atoms with Crippen LogP contribution in [0.5, 0.6) is 0 Å². The zero-order valence-electron chi connectivity index (χ0n) is 18.0. The molecule has 0 atom stereocenters.